The molecule has 5 nitrogen and oxygen atoms in total. The Hall–Kier alpha value is -2.73. The van der Waals surface area contributed by atoms with Gasteiger partial charge in [-0.3, -0.25) is 0 Å². The molecular weight excluding hydrogens is 329 g/mol. The average Bonchev–Trinajstić information content (AvgIpc) is 2.68. The first-order valence-corrected chi connectivity index (χ1v) is 8.95. The number of nitrogens with one attached hydrogen (secondary N) is 1. The van der Waals surface area contributed by atoms with E-state index in [1.165, 1.54) is 12.1 Å². The molecule has 0 saturated carbocycles. The maximum absolute atomic E-state index is 13.1. The summed E-state index contributed by atoms with van der Waals surface area (Å²) in [6.07, 6.45) is 1.91. The van der Waals surface area contributed by atoms with Gasteiger partial charge >= 0.3 is 0 Å². The molecule has 3 N–H and O–H groups in total. The van der Waals surface area contributed by atoms with Crippen molar-refractivity contribution >= 4 is 22.7 Å². The van der Waals surface area contributed by atoms with Crippen molar-refractivity contribution in [1.29, 1.82) is 0 Å². The Kier molecular flexibility index (Phi) is 4.67. The van der Waals surface area contributed by atoms with Gasteiger partial charge in [-0.15, -0.1) is 0 Å². The van der Waals surface area contributed by atoms with Crippen LogP contribution in [0.5, 0.6) is 0 Å². The van der Waals surface area contributed by atoms with E-state index in [0.29, 0.717) is 6.54 Å². The summed E-state index contributed by atoms with van der Waals surface area (Å²) in [7, 11) is 0. The van der Waals surface area contributed by atoms with Gasteiger partial charge in [-0.2, -0.15) is 4.98 Å². The van der Waals surface area contributed by atoms with Gasteiger partial charge in [0, 0.05) is 31.1 Å². The Morgan fingerprint density at radius 2 is 1.77 bits per heavy atom. The molecule has 1 aliphatic heterocycles. The number of nitrogens with two attached hydrogens (primary N) is 1. The molecule has 0 aliphatic carbocycles. The van der Waals surface area contributed by atoms with Crippen LogP contribution in [0.2, 0.25) is 0 Å². The molecule has 0 bridgehead atoms. The summed E-state index contributed by atoms with van der Waals surface area (Å²) in [4.78, 5) is 11.7. The van der Waals surface area contributed by atoms with E-state index >= 15 is 0 Å². The minimum Gasteiger partial charge on any atom is -0.365 e. The minimum atomic E-state index is -0.230. The number of benzene rings is 2. The van der Waals surface area contributed by atoms with E-state index in [9.17, 15) is 4.39 Å². The lowest BCUT2D eigenvalue weighted by atomic mass is 10.1. The van der Waals surface area contributed by atoms with E-state index in [2.05, 4.69) is 10.2 Å². The van der Waals surface area contributed by atoms with Crippen molar-refractivity contribution < 1.29 is 4.39 Å². The van der Waals surface area contributed by atoms with E-state index < -0.39 is 0 Å². The molecule has 1 fully saturated rings. The van der Waals surface area contributed by atoms with Crippen molar-refractivity contribution in [3.05, 3.63) is 59.9 Å². The third-order valence-corrected chi connectivity index (χ3v) is 4.79. The largest absolute Gasteiger partial charge is 0.365 e. The van der Waals surface area contributed by atoms with E-state index in [-0.39, 0.29) is 11.9 Å². The van der Waals surface area contributed by atoms with E-state index in [1.54, 1.807) is 12.1 Å². The number of fused-ring (bicyclic) bond motifs is 1. The quantitative estimate of drug-likeness (QED) is 0.755. The summed E-state index contributed by atoms with van der Waals surface area (Å²) in [5, 5.41) is 4.37. The zero-order valence-electron chi connectivity index (χ0n) is 14.5. The molecule has 1 aliphatic rings. The van der Waals surface area contributed by atoms with Crippen LogP contribution in [0, 0.1) is 5.82 Å². The monoisotopic (exact) mass is 351 g/mol. The number of para-hydroxylation sites is 1. The zero-order valence-corrected chi connectivity index (χ0v) is 14.5. The van der Waals surface area contributed by atoms with E-state index in [1.807, 2.05) is 24.3 Å². The lowest BCUT2D eigenvalue weighted by Gasteiger charge is -2.30. The van der Waals surface area contributed by atoms with Crippen LogP contribution in [0.3, 0.4) is 0 Å². The summed E-state index contributed by atoms with van der Waals surface area (Å²) in [5.74, 6) is 1.30. The Balaban J connectivity index is 1.62. The summed E-state index contributed by atoms with van der Waals surface area (Å²) < 4.78 is 13.1. The molecule has 3 aromatic rings. The van der Waals surface area contributed by atoms with Crippen LogP contribution in [0.4, 0.5) is 16.2 Å². The molecule has 26 heavy (non-hydrogen) atoms. The Morgan fingerprint density at radius 1 is 1.04 bits per heavy atom. The second-order valence-electron chi connectivity index (χ2n) is 6.69. The highest BCUT2D eigenvalue weighted by atomic mass is 19.1. The van der Waals surface area contributed by atoms with E-state index in [4.69, 9.17) is 15.7 Å². The second kappa shape index (κ2) is 7.25. The number of piperidine rings is 1. The molecular formula is C20H22FN5. The number of hydrogen-bond donors (Lipinski definition) is 2. The minimum absolute atomic E-state index is 0.230. The number of rotatable bonds is 4. The normalized spacial score (nSPS) is 15.4. The van der Waals surface area contributed by atoms with Crippen molar-refractivity contribution in [2.45, 2.75) is 25.4 Å². The van der Waals surface area contributed by atoms with Crippen LogP contribution < -0.4 is 16.0 Å². The van der Waals surface area contributed by atoms with Gasteiger partial charge < -0.3 is 16.0 Å². The lowest BCUT2D eigenvalue weighted by molar-refractivity contribution is 0.496. The summed E-state index contributed by atoms with van der Waals surface area (Å²) in [6.45, 7) is 2.32. The number of hydrogen-bond acceptors (Lipinski definition) is 5. The SMILES string of the molecule is NC1CCN(c2nc(NCc3ccc(F)cc3)c3ccccc3n2)CC1. The smallest absolute Gasteiger partial charge is 0.227 e. The molecule has 0 atom stereocenters. The zero-order chi connectivity index (χ0) is 17.9. The van der Waals surface area contributed by atoms with Gasteiger partial charge in [-0.1, -0.05) is 24.3 Å². The van der Waals surface area contributed by atoms with Gasteiger partial charge in [0.05, 0.1) is 5.52 Å². The van der Waals surface area contributed by atoms with Crippen LogP contribution in [0.1, 0.15) is 18.4 Å². The first-order valence-electron chi connectivity index (χ1n) is 8.95. The topological polar surface area (TPSA) is 67.1 Å². The average molecular weight is 351 g/mol. The van der Waals surface area contributed by atoms with Crippen molar-refractivity contribution in [3.8, 4) is 0 Å². The van der Waals surface area contributed by atoms with Crippen LogP contribution in [-0.4, -0.2) is 29.1 Å². The predicted molar refractivity (Wildman–Crippen MR) is 103 cm³/mol. The fourth-order valence-electron chi connectivity index (χ4n) is 3.23. The third-order valence-electron chi connectivity index (χ3n) is 4.79. The molecule has 0 unspecified atom stereocenters. The van der Waals surface area contributed by atoms with Gasteiger partial charge in [0.2, 0.25) is 5.95 Å². The molecule has 0 amide bonds. The first kappa shape index (κ1) is 16.7. The van der Waals surface area contributed by atoms with Gasteiger partial charge in [0.15, 0.2) is 0 Å². The van der Waals surface area contributed by atoms with Gasteiger partial charge in [-0.25, -0.2) is 9.37 Å². The van der Waals surface area contributed by atoms with Crippen LogP contribution in [0.15, 0.2) is 48.5 Å². The van der Waals surface area contributed by atoms with Gasteiger partial charge in [0.1, 0.15) is 11.6 Å². The molecule has 2 aromatic carbocycles. The third kappa shape index (κ3) is 3.60. The number of nitrogens with zero attached hydrogens (tertiary/aromatic N) is 3. The maximum Gasteiger partial charge on any atom is 0.227 e. The summed E-state index contributed by atoms with van der Waals surface area (Å²) in [6, 6.07) is 14.7. The molecule has 0 radical (unpaired) electrons. The molecule has 1 aromatic heterocycles. The second-order valence-corrected chi connectivity index (χ2v) is 6.69. The van der Waals surface area contributed by atoms with E-state index in [0.717, 1.165) is 54.2 Å². The van der Waals surface area contributed by atoms with Gasteiger partial charge in [0.25, 0.3) is 0 Å². The maximum atomic E-state index is 13.1. The predicted octanol–water partition coefficient (Wildman–Crippen LogP) is 3.31. The fourth-order valence-corrected chi connectivity index (χ4v) is 3.23. The summed E-state index contributed by atoms with van der Waals surface area (Å²) >= 11 is 0. The van der Waals surface area contributed by atoms with Crippen LogP contribution >= 0.6 is 0 Å². The molecule has 1 saturated heterocycles. The summed E-state index contributed by atoms with van der Waals surface area (Å²) in [5.41, 5.74) is 7.92. The highest BCUT2D eigenvalue weighted by Gasteiger charge is 2.19. The highest BCUT2D eigenvalue weighted by Crippen LogP contribution is 2.25. The Morgan fingerprint density at radius 3 is 2.54 bits per heavy atom. The Labute approximate surface area is 152 Å². The van der Waals surface area contributed by atoms with Crippen molar-refractivity contribution in [2.24, 2.45) is 5.73 Å². The fraction of sp³-hybridized carbons (Fsp3) is 0.300. The molecule has 2 heterocycles. The highest BCUT2D eigenvalue weighted by molar-refractivity contribution is 5.90. The van der Waals surface area contributed by atoms with Gasteiger partial charge in [-0.05, 0) is 42.7 Å². The Bertz CT molecular complexity index is 888. The molecule has 6 heteroatoms. The molecule has 4 rings (SSSR count). The van der Waals surface area contributed by atoms with Crippen molar-refractivity contribution in [1.82, 2.24) is 9.97 Å². The molecule has 0 spiro atoms. The number of halogens is 1. The van der Waals surface area contributed by atoms with Crippen molar-refractivity contribution in [3.63, 3.8) is 0 Å². The number of anilines is 2. The number of aromatic nitrogens is 2. The molecule has 134 valence electrons. The van der Waals surface area contributed by atoms with Crippen LogP contribution in [-0.2, 0) is 6.54 Å². The lowest BCUT2D eigenvalue weighted by Crippen LogP contribution is -2.40. The van der Waals surface area contributed by atoms with Crippen molar-refractivity contribution in [2.75, 3.05) is 23.3 Å². The first-order chi connectivity index (χ1) is 12.7. The standard InChI is InChI=1S/C20H22FN5/c21-15-7-5-14(6-8-15)13-23-19-17-3-1-2-4-18(17)24-20(25-19)26-11-9-16(22)10-12-26/h1-8,16H,9-13,22H2,(H,23,24,25). The van der Waals surface area contributed by atoms with Crippen LogP contribution in [0.25, 0.3) is 10.9 Å².